The summed E-state index contributed by atoms with van der Waals surface area (Å²) in [6.45, 7) is 3.93. The maximum atomic E-state index is 12.3. The summed E-state index contributed by atoms with van der Waals surface area (Å²) in [6, 6.07) is 11.8. The van der Waals surface area contributed by atoms with Crippen LogP contribution >= 0.6 is 0 Å². The number of aryl methyl sites for hydroxylation is 1. The van der Waals surface area contributed by atoms with Crippen molar-refractivity contribution in [3.63, 3.8) is 0 Å². The molecule has 0 N–H and O–H groups in total. The first-order valence-electron chi connectivity index (χ1n) is 7.62. The lowest BCUT2D eigenvalue weighted by Gasteiger charge is -2.15. The van der Waals surface area contributed by atoms with E-state index in [1.54, 1.807) is 0 Å². The minimum absolute atomic E-state index is 0.186. The van der Waals surface area contributed by atoms with Crippen LogP contribution in [0.25, 0.3) is 0 Å². The molecule has 1 amide bonds. The molecule has 4 nitrogen and oxygen atoms in total. The van der Waals surface area contributed by atoms with Crippen molar-refractivity contribution >= 4 is 5.91 Å². The third kappa shape index (κ3) is 3.45. The molecule has 0 bridgehead atoms. The van der Waals surface area contributed by atoms with Gasteiger partial charge in [0.1, 0.15) is 5.75 Å². The van der Waals surface area contributed by atoms with Gasteiger partial charge in [0.2, 0.25) is 5.91 Å². The van der Waals surface area contributed by atoms with Crippen LogP contribution in [0.5, 0.6) is 5.75 Å². The van der Waals surface area contributed by atoms with Gasteiger partial charge in [0.25, 0.3) is 0 Å². The molecule has 1 aromatic carbocycles. The van der Waals surface area contributed by atoms with Crippen LogP contribution in [-0.4, -0.2) is 22.4 Å². The minimum Gasteiger partial charge on any atom is -0.494 e. The largest absolute Gasteiger partial charge is 0.494 e. The number of rotatable bonds is 5. The van der Waals surface area contributed by atoms with Crippen LogP contribution in [-0.2, 0) is 17.9 Å². The Bertz CT molecular complexity index is 655. The highest BCUT2D eigenvalue weighted by Crippen LogP contribution is 2.23. The van der Waals surface area contributed by atoms with Crippen molar-refractivity contribution in [1.29, 1.82) is 0 Å². The highest BCUT2D eigenvalue weighted by molar-refractivity contribution is 5.76. The van der Waals surface area contributed by atoms with Crippen molar-refractivity contribution in [2.45, 2.75) is 32.9 Å². The van der Waals surface area contributed by atoms with Gasteiger partial charge in [-0.25, -0.2) is 0 Å². The average molecular weight is 296 g/mol. The highest BCUT2D eigenvalue weighted by Gasteiger charge is 2.23. The number of benzene rings is 1. The smallest absolute Gasteiger partial charge is 0.223 e. The van der Waals surface area contributed by atoms with E-state index in [4.69, 9.17) is 4.74 Å². The van der Waals surface area contributed by atoms with Gasteiger partial charge in [0.15, 0.2) is 0 Å². The number of amides is 1. The first-order chi connectivity index (χ1) is 10.7. The van der Waals surface area contributed by atoms with E-state index in [1.807, 2.05) is 48.4 Å². The summed E-state index contributed by atoms with van der Waals surface area (Å²) < 4.78 is 5.62. The zero-order chi connectivity index (χ0) is 15.4. The quantitative estimate of drug-likeness (QED) is 0.796. The van der Waals surface area contributed by atoms with E-state index in [0.717, 1.165) is 17.9 Å². The van der Waals surface area contributed by atoms with E-state index in [2.05, 4.69) is 11.1 Å². The number of carbonyl (C=O) groups is 1. The lowest BCUT2D eigenvalue weighted by molar-refractivity contribution is -0.132. The van der Waals surface area contributed by atoms with Gasteiger partial charge in [-0.3, -0.25) is 9.78 Å². The van der Waals surface area contributed by atoms with Gasteiger partial charge in [0.05, 0.1) is 6.61 Å². The molecule has 0 unspecified atom stereocenters. The number of ether oxygens (including phenoxy) is 1. The van der Waals surface area contributed by atoms with Crippen LogP contribution in [0.3, 0.4) is 0 Å². The summed E-state index contributed by atoms with van der Waals surface area (Å²) in [6.07, 6.45) is 3.14. The Balaban J connectivity index is 1.44. The molecule has 0 saturated carbocycles. The molecule has 22 heavy (non-hydrogen) atoms. The SMILES string of the molecule is Cc1cc2c(cn1)CN(C(=O)CCCOc1ccccc1)C2. The Morgan fingerprint density at radius 1 is 1.23 bits per heavy atom. The highest BCUT2D eigenvalue weighted by atomic mass is 16.5. The molecule has 0 spiro atoms. The number of hydrogen-bond acceptors (Lipinski definition) is 3. The Morgan fingerprint density at radius 2 is 2.00 bits per heavy atom. The van der Waals surface area contributed by atoms with E-state index in [1.165, 1.54) is 11.1 Å². The zero-order valence-electron chi connectivity index (χ0n) is 12.8. The number of fused-ring (bicyclic) bond motifs is 1. The van der Waals surface area contributed by atoms with Crippen LogP contribution in [0.15, 0.2) is 42.6 Å². The molecule has 0 radical (unpaired) electrons. The van der Waals surface area contributed by atoms with Crippen molar-refractivity contribution in [3.8, 4) is 5.75 Å². The maximum Gasteiger partial charge on any atom is 0.223 e. The molecule has 0 aliphatic carbocycles. The summed E-state index contributed by atoms with van der Waals surface area (Å²) in [5.74, 6) is 1.04. The Hall–Kier alpha value is -2.36. The average Bonchev–Trinajstić information content (AvgIpc) is 2.95. The van der Waals surface area contributed by atoms with Gasteiger partial charge in [-0.1, -0.05) is 18.2 Å². The molecular weight excluding hydrogens is 276 g/mol. The molecule has 0 atom stereocenters. The normalized spacial score (nSPS) is 13.0. The first-order valence-corrected chi connectivity index (χ1v) is 7.62. The van der Waals surface area contributed by atoms with Crippen LogP contribution < -0.4 is 4.74 Å². The minimum atomic E-state index is 0.186. The number of aromatic nitrogens is 1. The first kappa shape index (κ1) is 14.6. The zero-order valence-corrected chi connectivity index (χ0v) is 12.8. The predicted molar refractivity (Wildman–Crippen MR) is 84.4 cm³/mol. The molecule has 4 heteroatoms. The molecule has 1 aliphatic heterocycles. The molecule has 0 saturated heterocycles. The molecule has 114 valence electrons. The van der Waals surface area contributed by atoms with Crippen molar-refractivity contribution in [1.82, 2.24) is 9.88 Å². The second kappa shape index (κ2) is 6.60. The number of pyridine rings is 1. The molecule has 1 aromatic heterocycles. The van der Waals surface area contributed by atoms with Crippen LogP contribution in [0.4, 0.5) is 0 Å². The molecular formula is C18H20N2O2. The fourth-order valence-corrected chi connectivity index (χ4v) is 2.67. The fourth-order valence-electron chi connectivity index (χ4n) is 2.67. The van der Waals surface area contributed by atoms with Gasteiger partial charge in [-0.05, 0) is 42.7 Å². The summed E-state index contributed by atoms with van der Waals surface area (Å²) in [5.41, 5.74) is 3.39. The third-order valence-corrected chi connectivity index (χ3v) is 3.84. The van der Waals surface area contributed by atoms with Gasteiger partial charge < -0.3 is 9.64 Å². The molecule has 1 aliphatic rings. The van der Waals surface area contributed by atoms with E-state index in [9.17, 15) is 4.79 Å². The monoisotopic (exact) mass is 296 g/mol. The molecule has 3 rings (SSSR count). The lowest BCUT2D eigenvalue weighted by atomic mass is 10.2. The summed E-state index contributed by atoms with van der Waals surface area (Å²) >= 11 is 0. The lowest BCUT2D eigenvalue weighted by Crippen LogP contribution is -2.25. The number of carbonyl (C=O) groups excluding carboxylic acids is 1. The number of para-hydroxylation sites is 1. The summed E-state index contributed by atoms with van der Waals surface area (Å²) in [7, 11) is 0. The molecule has 0 fully saturated rings. The Kier molecular flexibility index (Phi) is 4.37. The Morgan fingerprint density at radius 3 is 2.82 bits per heavy atom. The van der Waals surface area contributed by atoms with Crippen LogP contribution in [0, 0.1) is 6.92 Å². The van der Waals surface area contributed by atoms with E-state index in [0.29, 0.717) is 26.1 Å². The number of nitrogens with zero attached hydrogens (tertiary/aromatic N) is 2. The van der Waals surface area contributed by atoms with E-state index in [-0.39, 0.29) is 5.91 Å². The van der Waals surface area contributed by atoms with Crippen molar-refractivity contribution in [2.24, 2.45) is 0 Å². The van der Waals surface area contributed by atoms with E-state index < -0.39 is 0 Å². The summed E-state index contributed by atoms with van der Waals surface area (Å²) in [5, 5.41) is 0. The third-order valence-electron chi connectivity index (χ3n) is 3.84. The second-order valence-corrected chi connectivity index (χ2v) is 5.61. The van der Waals surface area contributed by atoms with Crippen molar-refractivity contribution in [3.05, 3.63) is 59.4 Å². The topological polar surface area (TPSA) is 42.4 Å². The van der Waals surface area contributed by atoms with Gasteiger partial charge in [-0.15, -0.1) is 0 Å². The number of hydrogen-bond donors (Lipinski definition) is 0. The van der Waals surface area contributed by atoms with Crippen LogP contribution in [0.2, 0.25) is 0 Å². The molecule has 2 heterocycles. The Labute approximate surface area is 130 Å². The van der Waals surface area contributed by atoms with E-state index >= 15 is 0 Å². The van der Waals surface area contributed by atoms with Crippen molar-refractivity contribution in [2.75, 3.05) is 6.61 Å². The van der Waals surface area contributed by atoms with Gasteiger partial charge in [0, 0.05) is 31.4 Å². The standard InChI is InChI=1S/C18H20N2O2/c1-14-10-15-12-20(13-16(15)11-19-14)18(21)8-5-9-22-17-6-3-2-4-7-17/h2-4,6-7,10-11H,5,8-9,12-13H2,1H3. The predicted octanol–water partition coefficient (Wildman–Crippen LogP) is 3.09. The second-order valence-electron chi connectivity index (χ2n) is 5.61. The fraction of sp³-hybridized carbons (Fsp3) is 0.333. The van der Waals surface area contributed by atoms with Crippen LogP contribution in [0.1, 0.15) is 29.7 Å². The van der Waals surface area contributed by atoms with Crippen molar-refractivity contribution < 1.29 is 9.53 Å². The van der Waals surface area contributed by atoms with Gasteiger partial charge in [-0.2, -0.15) is 0 Å². The molecule has 2 aromatic rings. The summed E-state index contributed by atoms with van der Waals surface area (Å²) in [4.78, 5) is 18.5. The maximum absolute atomic E-state index is 12.3. The van der Waals surface area contributed by atoms with Gasteiger partial charge >= 0.3 is 0 Å².